The molecule has 0 spiro atoms. The maximum Gasteiger partial charge on any atom is 0.296 e. The summed E-state index contributed by atoms with van der Waals surface area (Å²) in [7, 11) is -9.82. The summed E-state index contributed by atoms with van der Waals surface area (Å²) in [5, 5.41) is 37.7. The average molecular weight is 492 g/mol. The minimum Gasteiger partial charge on any atom is -0.507 e. The number of phenols is 2. The van der Waals surface area contributed by atoms with Crippen LogP contribution in [0.4, 0.5) is 17.1 Å². The van der Waals surface area contributed by atoms with Crippen molar-refractivity contribution in [2.45, 2.75) is 9.79 Å². The number of fused-ring (bicyclic) bond motifs is 1. The van der Waals surface area contributed by atoms with Gasteiger partial charge in [-0.25, -0.2) is 0 Å². The van der Waals surface area contributed by atoms with E-state index in [0.29, 0.717) is 12.1 Å². The Bertz CT molecular complexity index is 1470. The number of hydrogen-bond donors (Lipinski definition) is 4. The third kappa shape index (κ3) is 5.21. The van der Waals surface area contributed by atoms with E-state index in [0.717, 1.165) is 18.2 Å². The molecule has 0 atom stereocenters. The molecular weight excluding hydrogens is 481 g/mol. The molecule has 3 aromatic carbocycles. The number of phenolic OH excluding ortho intramolecular Hbond substituents is 2. The fraction of sp³-hybridized carbons (Fsp3) is 0. The van der Waals surface area contributed by atoms with Crippen LogP contribution in [0.2, 0.25) is 0 Å². The Morgan fingerprint density at radius 2 is 1.47 bits per heavy atom. The zero-order valence-corrected chi connectivity index (χ0v) is 19.6. The molecule has 163 valence electrons. The third-order valence-corrected chi connectivity index (χ3v) is 5.70. The molecule has 16 heteroatoms. The summed E-state index contributed by atoms with van der Waals surface area (Å²) >= 11 is 0. The van der Waals surface area contributed by atoms with Gasteiger partial charge in [0, 0.05) is 47.8 Å². The molecule has 1 radical (unpaired) electrons. The van der Waals surface area contributed by atoms with Crippen molar-refractivity contribution < 1.29 is 41.1 Å². The standard InChI is InChI=1S/C16H11N3O10S2.Na/c20-12-7-11(30(24,25)26)5-8-6-13(31(27,28)29)15(16(21)14(8)12)18-17-9-1-3-10(4-2-9)19(22)23;/h1-7,20-21H,(H,24,25,26)(H,27,28,29);. The molecule has 3 aromatic rings. The van der Waals surface area contributed by atoms with Crippen LogP contribution in [0.3, 0.4) is 0 Å². The van der Waals surface area contributed by atoms with E-state index in [-0.39, 0.29) is 46.3 Å². The fourth-order valence-electron chi connectivity index (χ4n) is 2.63. The van der Waals surface area contributed by atoms with E-state index < -0.39 is 57.5 Å². The molecule has 0 aromatic heterocycles. The summed E-state index contributed by atoms with van der Waals surface area (Å²) in [5.74, 6) is -1.80. The second-order valence-electron chi connectivity index (χ2n) is 6.04. The van der Waals surface area contributed by atoms with Gasteiger partial charge in [-0.3, -0.25) is 19.2 Å². The van der Waals surface area contributed by atoms with E-state index in [1.807, 2.05) is 0 Å². The van der Waals surface area contributed by atoms with Gasteiger partial charge in [0.25, 0.3) is 25.9 Å². The average Bonchev–Trinajstić information content (AvgIpc) is 2.65. The molecule has 0 saturated heterocycles. The van der Waals surface area contributed by atoms with E-state index in [9.17, 15) is 41.7 Å². The molecule has 0 aliphatic heterocycles. The molecule has 4 N–H and O–H groups in total. The van der Waals surface area contributed by atoms with Gasteiger partial charge < -0.3 is 10.2 Å². The Morgan fingerprint density at radius 1 is 0.875 bits per heavy atom. The van der Waals surface area contributed by atoms with Gasteiger partial charge in [-0.1, -0.05) is 0 Å². The zero-order chi connectivity index (χ0) is 23.1. The number of non-ortho nitro benzene ring substituents is 1. The van der Waals surface area contributed by atoms with Gasteiger partial charge in [0.2, 0.25) is 0 Å². The molecule has 0 aliphatic rings. The summed E-state index contributed by atoms with van der Waals surface area (Å²) in [6, 6.07) is 6.65. The second-order valence-corrected chi connectivity index (χ2v) is 8.85. The topological polar surface area (TPSA) is 217 Å². The smallest absolute Gasteiger partial charge is 0.296 e. The van der Waals surface area contributed by atoms with Crippen LogP contribution in [0.1, 0.15) is 0 Å². The minimum atomic E-state index is -5.03. The predicted molar refractivity (Wildman–Crippen MR) is 110 cm³/mol. The Hall–Kier alpha value is -2.66. The van der Waals surface area contributed by atoms with Crippen molar-refractivity contribution in [2.75, 3.05) is 0 Å². The molecule has 0 bridgehead atoms. The Kier molecular flexibility index (Phi) is 7.25. The largest absolute Gasteiger partial charge is 0.507 e. The minimum absolute atomic E-state index is 0. The molecule has 0 heterocycles. The van der Waals surface area contributed by atoms with Crippen molar-refractivity contribution in [3.63, 3.8) is 0 Å². The summed E-state index contributed by atoms with van der Waals surface area (Å²) in [6.07, 6.45) is 0. The number of rotatable bonds is 5. The molecule has 0 aliphatic carbocycles. The van der Waals surface area contributed by atoms with Crippen molar-refractivity contribution in [1.29, 1.82) is 0 Å². The number of nitro groups is 1. The first kappa shape index (κ1) is 25.6. The monoisotopic (exact) mass is 492 g/mol. The molecule has 13 nitrogen and oxygen atoms in total. The maximum absolute atomic E-state index is 11.8. The van der Waals surface area contributed by atoms with Crippen LogP contribution in [-0.4, -0.2) is 70.6 Å². The molecular formula is C16H11N3NaO10S2. The summed E-state index contributed by atoms with van der Waals surface area (Å²) in [5.41, 5.74) is -1.01. The predicted octanol–water partition coefficient (Wildman–Crippen LogP) is 2.69. The molecule has 32 heavy (non-hydrogen) atoms. The van der Waals surface area contributed by atoms with Gasteiger partial charge in [-0.05, 0) is 29.7 Å². The quantitative estimate of drug-likeness (QED) is 0.134. The van der Waals surface area contributed by atoms with E-state index in [2.05, 4.69) is 10.2 Å². The van der Waals surface area contributed by atoms with Crippen LogP contribution in [0.25, 0.3) is 10.8 Å². The van der Waals surface area contributed by atoms with Crippen LogP contribution in [-0.2, 0) is 20.2 Å². The van der Waals surface area contributed by atoms with Gasteiger partial charge >= 0.3 is 0 Å². The number of aromatic hydroxyl groups is 2. The number of benzene rings is 3. The Balaban J connectivity index is 0.00000363. The number of hydrogen-bond acceptors (Lipinski definition) is 10. The van der Waals surface area contributed by atoms with Crippen LogP contribution >= 0.6 is 0 Å². The van der Waals surface area contributed by atoms with E-state index in [1.165, 1.54) is 12.1 Å². The van der Waals surface area contributed by atoms with Crippen molar-refractivity contribution in [2.24, 2.45) is 10.2 Å². The Morgan fingerprint density at radius 3 is 1.97 bits per heavy atom. The van der Waals surface area contributed by atoms with Crippen LogP contribution < -0.4 is 0 Å². The molecule has 3 rings (SSSR count). The maximum atomic E-state index is 11.8. The van der Waals surface area contributed by atoms with E-state index >= 15 is 0 Å². The zero-order valence-electron chi connectivity index (χ0n) is 15.9. The molecule has 0 amide bonds. The van der Waals surface area contributed by atoms with Gasteiger partial charge in [0.05, 0.1) is 20.9 Å². The van der Waals surface area contributed by atoms with Gasteiger partial charge in [0.1, 0.15) is 16.3 Å². The fourth-order valence-corrected chi connectivity index (χ4v) is 3.82. The van der Waals surface area contributed by atoms with Crippen molar-refractivity contribution in [3.8, 4) is 11.5 Å². The SMILES string of the molecule is O=[N+]([O-])c1ccc(N=Nc2c(S(=O)(=O)O)cc3cc(S(=O)(=O)O)cc(O)c3c2O)cc1.[Na]. The van der Waals surface area contributed by atoms with Crippen LogP contribution in [0.15, 0.2) is 62.5 Å². The van der Waals surface area contributed by atoms with Crippen LogP contribution in [0, 0.1) is 10.1 Å². The van der Waals surface area contributed by atoms with Crippen molar-refractivity contribution in [1.82, 2.24) is 0 Å². The second kappa shape index (κ2) is 9.07. The number of nitro benzene ring substituents is 1. The normalized spacial score (nSPS) is 12.1. The number of nitrogens with zero attached hydrogens (tertiary/aromatic N) is 3. The Labute approximate surface area is 202 Å². The third-order valence-electron chi connectivity index (χ3n) is 4.00. The van der Waals surface area contributed by atoms with Crippen molar-refractivity contribution >= 4 is 77.6 Å². The first-order valence-corrected chi connectivity index (χ1v) is 10.8. The van der Waals surface area contributed by atoms with E-state index in [1.54, 1.807) is 0 Å². The van der Waals surface area contributed by atoms with Gasteiger partial charge in [0.15, 0.2) is 5.75 Å². The van der Waals surface area contributed by atoms with Gasteiger partial charge in [-0.15, -0.1) is 5.11 Å². The number of azo groups is 1. The first-order valence-electron chi connectivity index (χ1n) is 7.93. The van der Waals surface area contributed by atoms with Gasteiger partial charge in [-0.2, -0.15) is 21.9 Å². The summed E-state index contributed by atoms with van der Waals surface area (Å²) < 4.78 is 64.9. The first-order chi connectivity index (χ1) is 14.3. The summed E-state index contributed by atoms with van der Waals surface area (Å²) in [4.78, 5) is 8.25. The van der Waals surface area contributed by atoms with Crippen LogP contribution in [0.5, 0.6) is 11.5 Å². The molecule has 0 saturated carbocycles. The van der Waals surface area contributed by atoms with Crippen molar-refractivity contribution in [3.05, 3.63) is 52.6 Å². The molecule has 0 fully saturated rings. The molecule has 0 unspecified atom stereocenters. The van der Waals surface area contributed by atoms with E-state index in [4.69, 9.17) is 4.55 Å². The summed E-state index contributed by atoms with van der Waals surface area (Å²) in [6.45, 7) is 0.